The van der Waals surface area contributed by atoms with Gasteiger partial charge in [-0.2, -0.15) is 0 Å². The van der Waals surface area contributed by atoms with Gasteiger partial charge in [-0.3, -0.25) is 0 Å². The molecule has 0 aromatic rings. The first-order valence-corrected chi connectivity index (χ1v) is 5.39. The summed E-state index contributed by atoms with van der Waals surface area (Å²) >= 11 is 0. The van der Waals surface area contributed by atoms with Crippen LogP contribution in [0.4, 0.5) is 4.79 Å². The lowest BCUT2D eigenvalue weighted by Crippen LogP contribution is -2.49. The normalized spacial score (nSPS) is 24.5. The van der Waals surface area contributed by atoms with E-state index in [0.29, 0.717) is 6.04 Å². The third-order valence-corrected chi connectivity index (χ3v) is 2.75. The van der Waals surface area contributed by atoms with Gasteiger partial charge < -0.3 is 16.0 Å². The van der Waals surface area contributed by atoms with E-state index in [9.17, 15) is 4.79 Å². The molecule has 0 aromatic carbocycles. The zero-order valence-electron chi connectivity index (χ0n) is 9.12. The zero-order valence-corrected chi connectivity index (χ0v) is 9.12. The van der Waals surface area contributed by atoms with E-state index in [2.05, 4.69) is 5.32 Å². The molecule has 1 fully saturated rings. The Bertz CT molecular complexity index is 194. The van der Waals surface area contributed by atoms with Crippen molar-refractivity contribution in [3.05, 3.63) is 0 Å². The van der Waals surface area contributed by atoms with Gasteiger partial charge >= 0.3 is 6.03 Å². The molecule has 0 bridgehead atoms. The fourth-order valence-electron chi connectivity index (χ4n) is 2.09. The SMILES string of the molecule is CNC(=O)N1CCCCC1CC(C)N. The number of nitrogens with two attached hydrogens (primary N) is 1. The van der Waals surface area contributed by atoms with Gasteiger partial charge in [0.1, 0.15) is 0 Å². The number of hydrogen-bond donors (Lipinski definition) is 2. The molecule has 0 aromatic heterocycles. The minimum Gasteiger partial charge on any atom is -0.341 e. The van der Waals surface area contributed by atoms with Gasteiger partial charge in [0, 0.05) is 25.7 Å². The number of carbonyl (C=O) groups is 1. The van der Waals surface area contributed by atoms with E-state index in [1.807, 2.05) is 11.8 Å². The van der Waals surface area contributed by atoms with Crippen LogP contribution in [-0.4, -0.2) is 36.6 Å². The van der Waals surface area contributed by atoms with E-state index in [1.165, 1.54) is 6.42 Å². The first-order valence-electron chi connectivity index (χ1n) is 5.39. The molecule has 0 aliphatic carbocycles. The molecule has 1 saturated heterocycles. The van der Waals surface area contributed by atoms with Gasteiger partial charge in [-0.25, -0.2) is 4.79 Å². The summed E-state index contributed by atoms with van der Waals surface area (Å²) in [6.07, 6.45) is 4.33. The first kappa shape index (κ1) is 11.3. The van der Waals surface area contributed by atoms with Crippen LogP contribution in [0.15, 0.2) is 0 Å². The Balaban J connectivity index is 2.54. The lowest BCUT2D eigenvalue weighted by Gasteiger charge is -2.36. The summed E-state index contributed by atoms with van der Waals surface area (Å²) in [6.45, 7) is 2.87. The van der Waals surface area contributed by atoms with E-state index < -0.39 is 0 Å². The van der Waals surface area contributed by atoms with Gasteiger partial charge in [0.2, 0.25) is 0 Å². The Hall–Kier alpha value is -0.770. The van der Waals surface area contributed by atoms with Crippen LogP contribution in [-0.2, 0) is 0 Å². The van der Waals surface area contributed by atoms with Crippen molar-refractivity contribution in [2.45, 2.75) is 44.7 Å². The molecule has 4 heteroatoms. The number of nitrogens with zero attached hydrogens (tertiary/aromatic N) is 1. The topological polar surface area (TPSA) is 58.4 Å². The predicted molar refractivity (Wildman–Crippen MR) is 57.1 cm³/mol. The van der Waals surface area contributed by atoms with Crippen LogP contribution < -0.4 is 11.1 Å². The molecule has 1 rings (SSSR count). The minimum absolute atomic E-state index is 0.0374. The van der Waals surface area contributed by atoms with Crippen molar-refractivity contribution in [1.29, 1.82) is 0 Å². The Kier molecular flexibility index (Phi) is 4.20. The first-order chi connectivity index (χ1) is 6.65. The van der Waals surface area contributed by atoms with E-state index in [4.69, 9.17) is 5.73 Å². The highest BCUT2D eigenvalue weighted by Crippen LogP contribution is 2.20. The molecular formula is C10H21N3O. The maximum absolute atomic E-state index is 11.5. The molecule has 1 aliphatic heterocycles. The second-order valence-corrected chi connectivity index (χ2v) is 4.11. The predicted octanol–water partition coefficient (Wildman–Crippen LogP) is 0.918. The fraction of sp³-hybridized carbons (Fsp3) is 0.900. The van der Waals surface area contributed by atoms with Crippen molar-refractivity contribution in [2.75, 3.05) is 13.6 Å². The van der Waals surface area contributed by atoms with Crippen LogP contribution in [0.1, 0.15) is 32.6 Å². The molecule has 1 heterocycles. The highest BCUT2D eigenvalue weighted by atomic mass is 16.2. The summed E-state index contributed by atoms with van der Waals surface area (Å²) < 4.78 is 0. The number of amides is 2. The Morgan fingerprint density at radius 3 is 2.93 bits per heavy atom. The molecule has 0 radical (unpaired) electrons. The van der Waals surface area contributed by atoms with Crippen LogP contribution in [0.3, 0.4) is 0 Å². The van der Waals surface area contributed by atoms with Crippen molar-refractivity contribution < 1.29 is 4.79 Å². The molecule has 2 unspecified atom stereocenters. The second-order valence-electron chi connectivity index (χ2n) is 4.11. The van der Waals surface area contributed by atoms with E-state index in [1.54, 1.807) is 7.05 Å². The summed E-state index contributed by atoms with van der Waals surface area (Å²) in [6, 6.07) is 0.546. The molecule has 1 aliphatic rings. The number of likely N-dealkylation sites (tertiary alicyclic amines) is 1. The number of nitrogens with one attached hydrogen (secondary N) is 1. The van der Waals surface area contributed by atoms with Crippen LogP contribution in [0.5, 0.6) is 0 Å². The summed E-state index contributed by atoms with van der Waals surface area (Å²) in [5.74, 6) is 0. The van der Waals surface area contributed by atoms with Crippen LogP contribution in [0, 0.1) is 0 Å². The molecule has 2 atom stereocenters. The monoisotopic (exact) mass is 199 g/mol. The van der Waals surface area contributed by atoms with Crippen LogP contribution in [0.2, 0.25) is 0 Å². The van der Waals surface area contributed by atoms with Gasteiger partial charge in [-0.05, 0) is 32.6 Å². The van der Waals surface area contributed by atoms with Crippen LogP contribution >= 0.6 is 0 Å². The molecule has 3 N–H and O–H groups in total. The zero-order chi connectivity index (χ0) is 10.6. The Morgan fingerprint density at radius 1 is 1.64 bits per heavy atom. The molecule has 0 spiro atoms. The van der Waals surface area contributed by atoms with Crippen molar-refractivity contribution >= 4 is 6.03 Å². The number of hydrogen-bond acceptors (Lipinski definition) is 2. The lowest BCUT2D eigenvalue weighted by molar-refractivity contribution is 0.145. The quantitative estimate of drug-likeness (QED) is 0.694. The number of piperidine rings is 1. The number of carbonyl (C=O) groups excluding carboxylic acids is 1. The average molecular weight is 199 g/mol. The van der Waals surface area contributed by atoms with Crippen molar-refractivity contribution in [3.63, 3.8) is 0 Å². The standard InChI is InChI=1S/C10H21N3O/c1-8(11)7-9-5-3-4-6-13(9)10(14)12-2/h8-9H,3-7,11H2,1-2H3,(H,12,14). The van der Waals surface area contributed by atoms with Crippen molar-refractivity contribution in [2.24, 2.45) is 5.73 Å². The highest BCUT2D eigenvalue weighted by Gasteiger charge is 2.26. The van der Waals surface area contributed by atoms with Gasteiger partial charge in [0.25, 0.3) is 0 Å². The third-order valence-electron chi connectivity index (χ3n) is 2.75. The second kappa shape index (κ2) is 5.20. The summed E-state index contributed by atoms with van der Waals surface area (Å²) in [5.41, 5.74) is 5.77. The smallest absolute Gasteiger partial charge is 0.317 e. The van der Waals surface area contributed by atoms with E-state index >= 15 is 0 Å². The van der Waals surface area contributed by atoms with Gasteiger partial charge in [-0.15, -0.1) is 0 Å². The molecule has 82 valence electrons. The third kappa shape index (κ3) is 2.87. The van der Waals surface area contributed by atoms with E-state index in [0.717, 1.165) is 25.8 Å². The maximum atomic E-state index is 11.5. The maximum Gasteiger partial charge on any atom is 0.317 e. The lowest BCUT2D eigenvalue weighted by atomic mass is 9.97. The summed E-state index contributed by atoms with van der Waals surface area (Å²) in [5, 5.41) is 2.68. The van der Waals surface area contributed by atoms with Crippen molar-refractivity contribution in [3.8, 4) is 0 Å². The highest BCUT2D eigenvalue weighted by molar-refractivity contribution is 5.74. The minimum atomic E-state index is 0.0374. The molecule has 14 heavy (non-hydrogen) atoms. The summed E-state index contributed by atoms with van der Waals surface area (Å²) in [4.78, 5) is 13.5. The number of rotatable bonds is 2. The van der Waals surface area contributed by atoms with Gasteiger partial charge in [-0.1, -0.05) is 0 Å². The van der Waals surface area contributed by atoms with Crippen LogP contribution in [0.25, 0.3) is 0 Å². The largest absolute Gasteiger partial charge is 0.341 e. The Labute approximate surface area is 85.8 Å². The molecule has 2 amide bonds. The van der Waals surface area contributed by atoms with Gasteiger partial charge in [0.05, 0.1) is 0 Å². The fourth-order valence-corrected chi connectivity index (χ4v) is 2.09. The molecule has 0 saturated carbocycles. The molecule has 4 nitrogen and oxygen atoms in total. The average Bonchev–Trinajstić information content (AvgIpc) is 2.16. The summed E-state index contributed by atoms with van der Waals surface area (Å²) in [7, 11) is 1.68. The number of urea groups is 1. The van der Waals surface area contributed by atoms with E-state index in [-0.39, 0.29) is 12.1 Å². The Morgan fingerprint density at radius 2 is 2.36 bits per heavy atom. The van der Waals surface area contributed by atoms with Crippen molar-refractivity contribution in [1.82, 2.24) is 10.2 Å². The van der Waals surface area contributed by atoms with Gasteiger partial charge in [0.15, 0.2) is 0 Å². The molecular weight excluding hydrogens is 178 g/mol.